The minimum absolute atomic E-state index is 0.00258. The summed E-state index contributed by atoms with van der Waals surface area (Å²) in [5.41, 5.74) is 13.6. The molecule has 20 heteroatoms. The second-order valence-corrected chi connectivity index (χ2v) is 18.4. The Morgan fingerprint density at radius 3 is 1.31 bits per heavy atom. The summed E-state index contributed by atoms with van der Waals surface area (Å²) < 4.78 is 0. The van der Waals surface area contributed by atoms with Crippen LogP contribution in [0.3, 0.4) is 0 Å². The number of hydrogen-bond donors (Lipinski definition) is 10. The molecule has 0 spiro atoms. The summed E-state index contributed by atoms with van der Waals surface area (Å²) in [4.78, 5) is 107. The number of thioether (sulfide) groups is 2. The monoisotopic (exact) mass is 964 g/mol. The maximum Gasteiger partial charge on any atom is 0.305 e. The van der Waals surface area contributed by atoms with Crippen LogP contribution in [0.4, 0.5) is 0 Å². The molecule has 0 bridgehead atoms. The number of aromatic hydroxyl groups is 1. The summed E-state index contributed by atoms with van der Waals surface area (Å²) in [6.45, 7) is 3.65. The lowest BCUT2D eigenvalue weighted by Gasteiger charge is -2.28. The molecule has 0 unspecified atom stereocenters. The van der Waals surface area contributed by atoms with Crippen LogP contribution in [0.1, 0.15) is 56.2 Å². The molecule has 3 rings (SSSR count). The Hall–Kier alpha value is -6.12. The van der Waals surface area contributed by atoms with Crippen LogP contribution in [0.25, 0.3) is 0 Å². The van der Waals surface area contributed by atoms with Crippen LogP contribution in [0.2, 0.25) is 0 Å². The van der Waals surface area contributed by atoms with Crippen molar-refractivity contribution in [1.29, 1.82) is 0 Å². The van der Waals surface area contributed by atoms with E-state index < -0.39 is 96.0 Å². The highest BCUT2D eigenvalue weighted by Crippen LogP contribution is 2.14. The van der Waals surface area contributed by atoms with Crippen LogP contribution >= 0.6 is 23.5 Å². The first-order valence-corrected chi connectivity index (χ1v) is 24.6. The van der Waals surface area contributed by atoms with Crippen molar-refractivity contribution in [3.8, 4) is 5.75 Å². The van der Waals surface area contributed by atoms with Crippen molar-refractivity contribution in [2.75, 3.05) is 24.0 Å². The molecule has 0 saturated heterocycles. The van der Waals surface area contributed by atoms with Crippen LogP contribution in [-0.4, -0.2) is 124 Å². The second kappa shape index (κ2) is 28.8. The molecule has 7 amide bonds. The molecule has 0 fully saturated rings. The fourth-order valence-corrected chi connectivity index (χ4v) is 7.79. The Balaban J connectivity index is 1.91. The first-order chi connectivity index (χ1) is 31.9. The van der Waals surface area contributed by atoms with Gasteiger partial charge < -0.3 is 53.6 Å². The normalized spacial score (nSPS) is 14.2. The fourth-order valence-electron chi connectivity index (χ4n) is 6.85. The van der Waals surface area contributed by atoms with Crippen molar-refractivity contribution in [2.45, 2.75) is 101 Å². The van der Waals surface area contributed by atoms with Crippen LogP contribution in [-0.2, 0) is 57.6 Å². The number of primary amides is 1. The van der Waals surface area contributed by atoms with Gasteiger partial charge in [0.25, 0.3) is 0 Å². The first-order valence-electron chi connectivity index (χ1n) is 21.8. The number of carboxylic acid groups (broad SMARTS) is 1. The predicted octanol–water partition coefficient (Wildman–Crippen LogP) is 1.17. The molecule has 0 saturated carbocycles. The van der Waals surface area contributed by atoms with E-state index in [2.05, 4.69) is 31.9 Å². The van der Waals surface area contributed by atoms with Crippen LogP contribution in [0, 0.1) is 5.92 Å². The average molecular weight is 965 g/mol. The standard InChI is InChI=1S/C47H64N8O10S2/c1-28(2)23-37(45(63)51-35(20-22-67-4)43(61)52-36(41(49)59)27-40(57)58)53-46(64)39(26-30-13-9-6-10-14-30)55-47(65)38(25-29-11-7-5-8-12-29)54-44(62)34(19-21-66-3)50-42(60)33(48)24-31-15-17-32(56)18-16-31/h5-18,28,33-39,56H,19-27,48H2,1-4H3,(H2,49,59)(H,50,60)(H,51,63)(H,52,61)(H,53,64)(H,54,62)(H,55,65)(H,57,58)/t33-,34-,35-,36-,37-,38-,39-/m0/s1. The molecule has 0 heterocycles. The topological polar surface area (TPSA) is 301 Å². The molecule has 3 aromatic rings. The summed E-state index contributed by atoms with van der Waals surface area (Å²) >= 11 is 2.84. The number of hydrogen-bond acceptors (Lipinski definition) is 12. The number of carbonyl (C=O) groups excluding carboxylic acids is 7. The highest BCUT2D eigenvalue weighted by atomic mass is 32.2. The van der Waals surface area contributed by atoms with E-state index in [0.717, 1.165) is 0 Å². The highest BCUT2D eigenvalue weighted by Gasteiger charge is 2.34. The second-order valence-electron chi connectivity index (χ2n) is 16.4. The number of phenols is 1. The van der Waals surface area contributed by atoms with Crippen molar-refractivity contribution in [1.82, 2.24) is 31.9 Å². The van der Waals surface area contributed by atoms with E-state index in [1.54, 1.807) is 79.1 Å². The van der Waals surface area contributed by atoms with E-state index in [9.17, 15) is 48.6 Å². The largest absolute Gasteiger partial charge is 0.508 e. The van der Waals surface area contributed by atoms with Gasteiger partial charge in [0.1, 0.15) is 42.0 Å². The molecule has 0 aliphatic carbocycles. The van der Waals surface area contributed by atoms with Crippen LogP contribution in [0.5, 0.6) is 5.75 Å². The molecule has 7 atom stereocenters. The Kier molecular flexibility index (Phi) is 23.7. The van der Waals surface area contributed by atoms with Crippen LogP contribution in [0.15, 0.2) is 84.9 Å². The SMILES string of the molecule is CSCC[C@H](NC(=O)[C@H](CC(C)C)NC(=O)[C@H](Cc1ccccc1)NC(=O)[C@H](Cc1ccccc1)NC(=O)[C@H](CCSC)NC(=O)[C@@H](N)Cc1ccc(O)cc1)C(=O)N[C@@H](CC(=O)O)C(N)=O. The third-order valence-electron chi connectivity index (χ3n) is 10.4. The van der Waals surface area contributed by atoms with Crippen molar-refractivity contribution >= 4 is 70.8 Å². The lowest BCUT2D eigenvalue weighted by atomic mass is 9.99. The molecule has 12 N–H and O–H groups in total. The van der Waals surface area contributed by atoms with E-state index in [4.69, 9.17) is 11.5 Å². The van der Waals surface area contributed by atoms with Gasteiger partial charge in [-0.1, -0.05) is 86.6 Å². The molecular formula is C47H64N8O10S2. The summed E-state index contributed by atoms with van der Waals surface area (Å²) in [6, 6.07) is 15.3. The molecule has 3 aromatic carbocycles. The number of amides is 7. The zero-order valence-corrected chi connectivity index (χ0v) is 39.8. The minimum Gasteiger partial charge on any atom is -0.508 e. The van der Waals surface area contributed by atoms with Gasteiger partial charge in [-0.25, -0.2) is 0 Å². The van der Waals surface area contributed by atoms with Gasteiger partial charge in [-0.15, -0.1) is 0 Å². The number of nitrogens with two attached hydrogens (primary N) is 2. The maximum atomic E-state index is 14.5. The number of benzene rings is 3. The Labute approximate surface area is 399 Å². The molecule has 364 valence electrons. The van der Waals surface area contributed by atoms with Gasteiger partial charge in [-0.2, -0.15) is 23.5 Å². The van der Waals surface area contributed by atoms with Gasteiger partial charge in [0, 0.05) is 12.8 Å². The third-order valence-corrected chi connectivity index (χ3v) is 11.7. The fraction of sp³-hybridized carbons (Fsp3) is 0.447. The van der Waals surface area contributed by atoms with Crippen molar-refractivity contribution in [2.24, 2.45) is 17.4 Å². The van der Waals surface area contributed by atoms with Gasteiger partial charge in [-0.05, 0) is 84.4 Å². The zero-order valence-electron chi connectivity index (χ0n) is 38.2. The smallest absolute Gasteiger partial charge is 0.305 e. The van der Waals surface area contributed by atoms with Crippen molar-refractivity contribution < 1.29 is 48.6 Å². The third kappa shape index (κ3) is 20.1. The summed E-state index contributed by atoms with van der Waals surface area (Å²) in [7, 11) is 0. The molecule has 18 nitrogen and oxygen atoms in total. The van der Waals surface area contributed by atoms with E-state index >= 15 is 0 Å². The van der Waals surface area contributed by atoms with E-state index in [-0.39, 0.29) is 50.2 Å². The predicted molar refractivity (Wildman–Crippen MR) is 259 cm³/mol. The summed E-state index contributed by atoms with van der Waals surface area (Å²) in [6.07, 6.45) is 3.38. The lowest BCUT2D eigenvalue weighted by molar-refractivity contribution is -0.140. The van der Waals surface area contributed by atoms with Gasteiger partial charge >= 0.3 is 5.97 Å². The molecule has 67 heavy (non-hydrogen) atoms. The number of rotatable bonds is 29. The van der Waals surface area contributed by atoms with E-state index in [1.165, 1.54) is 35.7 Å². The molecular weight excluding hydrogens is 901 g/mol. The number of carbonyl (C=O) groups is 8. The number of phenolic OH excluding ortho intramolecular Hbond substituents is 1. The van der Waals surface area contributed by atoms with E-state index in [0.29, 0.717) is 28.2 Å². The Bertz CT molecular complexity index is 2100. The number of aliphatic carboxylic acids is 1. The highest BCUT2D eigenvalue weighted by molar-refractivity contribution is 7.98. The first kappa shape index (κ1) is 55.2. The maximum absolute atomic E-state index is 14.5. The van der Waals surface area contributed by atoms with Gasteiger partial charge in [0.05, 0.1) is 12.5 Å². The van der Waals surface area contributed by atoms with Crippen molar-refractivity contribution in [3.05, 3.63) is 102 Å². The summed E-state index contributed by atoms with van der Waals surface area (Å²) in [5.74, 6) is -5.96. The van der Waals surface area contributed by atoms with E-state index in [1.807, 2.05) is 20.1 Å². The van der Waals surface area contributed by atoms with Gasteiger partial charge in [0.2, 0.25) is 41.4 Å². The van der Waals surface area contributed by atoms with Crippen molar-refractivity contribution in [3.63, 3.8) is 0 Å². The van der Waals surface area contributed by atoms with Gasteiger partial charge in [-0.3, -0.25) is 38.4 Å². The van der Waals surface area contributed by atoms with Crippen LogP contribution < -0.4 is 43.4 Å². The zero-order chi connectivity index (χ0) is 49.5. The molecule has 0 aliphatic rings. The quantitative estimate of drug-likeness (QED) is 0.0468. The Morgan fingerprint density at radius 1 is 0.522 bits per heavy atom. The lowest BCUT2D eigenvalue weighted by Crippen LogP contribution is -2.60. The average Bonchev–Trinajstić information content (AvgIpc) is 3.28. The Morgan fingerprint density at radius 2 is 0.896 bits per heavy atom. The number of nitrogens with one attached hydrogen (secondary N) is 6. The molecule has 0 aromatic heterocycles. The minimum atomic E-state index is -1.54. The van der Waals surface area contributed by atoms with Gasteiger partial charge in [0.15, 0.2) is 0 Å². The molecule has 0 aliphatic heterocycles. The summed E-state index contributed by atoms with van der Waals surface area (Å²) in [5, 5.41) is 35.0. The molecule has 0 radical (unpaired) electrons. The number of carboxylic acids is 1.